The molecule has 0 radical (unpaired) electrons. The molecule has 14 nitrogen and oxygen atoms in total. The fourth-order valence-corrected chi connectivity index (χ4v) is 9.21. The van der Waals surface area contributed by atoms with Crippen LogP contribution in [-0.2, 0) is 32.2 Å². The molecule has 0 unspecified atom stereocenters. The van der Waals surface area contributed by atoms with Crippen molar-refractivity contribution in [2.24, 2.45) is 22.9 Å². The molecule has 0 saturated heterocycles. The van der Waals surface area contributed by atoms with Crippen LogP contribution >= 0.6 is 0 Å². The van der Waals surface area contributed by atoms with Gasteiger partial charge >= 0.3 is 12.2 Å². The van der Waals surface area contributed by atoms with Crippen molar-refractivity contribution >= 4 is 17.9 Å². The summed E-state index contributed by atoms with van der Waals surface area (Å²) in [7, 11) is 1.32. The maximum atomic E-state index is 14.0. The molecule has 0 spiro atoms. The summed E-state index contributed by atoms with van der Waals surface area (Å²) in [6.07, 6.45) is 7.06. The highest BCUT2D eigenvalue weighted by Gasteiger charge is 2.65. The summed E-state index contributed by atoms with van der Waals surface area (Å²) in [6.45, 7) is 4.74. The van der Waals surface area contributed by atoms with E-state index in [-0.39, 0.29) is 83.5 Å². The van der Waals surface area contributed by atoms with E-state index in [0.29, 0.717) is 30.1 Å². The monoisotopic (exact) mass is 855 g/mol. The molecule has 334 valence electrons. The molecular formula is C48H61N3O11. The Morgan fingerprint density at radius 1 is 0.935 bits per heavy atom. The van der Waals surface area contributed by atoms with Crippen molar-refractivity contribution < 1.29 is 53.4 Å². The van der Waals surface area contributed by atoms with Crippen LogP contribution in [0.3, 0.4) is 0 Å². The first-order valence-electron chi connectivity index (χ1n) is 21.6. The number of hydrogen-bond acceptors (Lipinski definition) is 12. The first-order valence-corrected chi connectivity index (χ1v) is 21.6. The van der Waals surface area contributed by atoms with E-state index in [4.69, 9.17) is 33.7 Å². The van der Waals surface area contributed by atoms with E-state index in [1.807, 2.05) is 66.7 Å². The molecule has 62 heavy (non-hydrogen) atoms. The van der Waals surface area contributed by atoms with Crippen molar-refractivity contribution in [3.05, 3.63) is 120 Å². The van der Waals surface area contributed by atoms with Gasteiger partial charge in [-0.15, -0.1) is 6.58 Å². The molecule has 3 aromatic rings. The zero-order valence-corrected chi connectivity index (χ0v) is 35.6. The lowest BCUT2D eigenvalue weighted by Gasteiger charge is -2.59. The quantitative estimate of drug-likeness (QED) is 0.0444. The van der Waals surface area contributed by atoms with Crippen molar-refractivity contribution in [3.63, 3.8) is 0 Å². The van der Waals surface area contributed by atoms with Crippen LogP contribution in [0.15, 0.2) is 108 Å². The highest BCUT2D eigenvalue weighted by molar-refractivity contribution is 6.03. The van der Waals surface area contributed by atoms with E-state index < -0.39 is 29.9 Å². The van der Waals surface area contributed by atoms with Crippen molar-refractivity contribution in [1.82, 2.24) is 10.2 Å². The molecule has 1 fully saturated rings. The number of aliphatic hydroxyl groups is 3. The number of allylic oxidation sites excluding steroid dienone is 1. The molecule has 6 atom stereocenters. The summed E-state index contributed by atoms with van der Waals surface area (Å²) in [5.41, 5.74) is 4.13. The predicted molar refractivity (Wildman–Crippen MR) is 233 cm³/mol. The van der Waals surface area contributed by atoms with Gasteiger partial charge in [0.2, 0.25) is 5.79 Å². The number of oxime groups is 1. The highest BCUT2D eigenvalue weighted by Crippen LogP contribution is 2.62. The van der Waals surface area contributed by atoms with Crippen LogP contribution in [0.1, 0.15) is 67.6 Å². The van der Waals surface area contributed by atoms with Crippen LogP contribution in [0.2, 0.25) is 0 Å². The summed E-state index contributed by atoms with van der Waals surface area (Å²) in [5, 5.41) is 37.0. The minimum absolute atomic E-state index is 0.00208. The fourth-order valence-electron chi connectivity index (χ4n) is 9.21. The number of nitrogens with one attached hydrogen (secondary N) is 1. The maximum Gasteiger partial charge on any atom is 0.412 e. The second-order valence-electron chi connectivity index (χ2n) is 15.8. The number of ether oxygens (including phenoxy) is 5. The van der Waals surface area contributed by atoms with Gasteiger partial charge in [0.15, 0.2) is 0 Å². The van der Waals surface area contributed by atoms with Crippen molar-refractivity contribution in [2.45, 2.75) is 75.8 Å². The Hall–Kier alpha value is -5.25. The average Bonchev–Trinajstić information content (AvgIpc) is 3.29. The summed E-state index contributed by atoms with van der Waals surface area (Å²) in [4.78, 5) is 34.9. The van der Waals surface area contributed by atoms with Gasteiger partial charge in [-0.25, -0.2) is 9.59 Å². The first kappa shape index (κ1) is 46.3. The van der Waals surface area contributed by atoms with Crippen LogP contribution in [-0.4, -0.2) is 103 Å². The number of rotatable bonds is 23. The van der Waals surface area contributed by atoms with Crippen LogP contribution in [0.5, 0.6) is 11.5 Å². The van der Waals surface area contributed by atoms with E-state index in [9.17, 15) is 24.9 Å². The van der Waals surface area contributed by atoms with Gasteiger partial charge < -0.3 is 49.2 Å². The van der Waals surface area contributed by atoms with Gasteiger partial charge in [0.25, 0.3) is 0 Å². The number of fused-ring (bicyclic) bond motifs is 2. The van der Waals surface area contributed by atoms with Gasteiger partial charge in [-0.2, -0.15) is 0 Å². The zero-order valence-electron chi connectivity index (χ0n) is 35.6. The smallest absolute Gasteiger partial charge is 0.412 e. The Bertz CT molecular complexity index is 1960. The fraction of sp³-hybridized carbons (Fsp3) is 0.479. The number of methoxy groups -OCH3 is 1. The predicted octanol–water partition coefficient (Wildman–Crippen LogP) is 6.89. The van der Waals surface area contributed by atoms with Gasteiger partial charge in [0.1, 0.15) is 24.1 Å². The average molecular weight is 856 g/mol. The van der Waals surface area contributed by atoms with E-state index in [0.717, 1.165) is 47.9 Å². The number of carbonyl (C=O) groups excluding carboxylic acids is 2. The summed E-state index contributed by atoms with van der Waals surface area (Å²) in [6, 6.07) is 23.8. The molecule has 6 rings (SSSR count). The van der Waals surface area contributed by atoms with Crippen molar-refractivity contribution in [1.29, 1.82) is 0 Å². The third-order valence-corrected chi connectivity index (χ3v) is 11.9. The Labute approximate surface area is 364 Å². The number of amides is 2. The minimum Gasteiger partial charge on any atom is -0.459 e. The number of unbranched alkanes of at least 4 members (excludes halogenated alkanes) is 2. The first-order chi connectivity index (χ1) is 30.4. The number of nitrogens with zero attached hydrogens (tertiary/aromatic N) is 2. The summed E-state index contributed by atoms with van der Waals surface area (Å²) < 4.78 is 31.2. The standard InChI is InChI=1S/C48H61N3O11/c1-3-26-59-48-43(51(47(56)57-2)22-27-58-28-25-54)31-41(50-60-33-35-16-8-5-9-17-35)39-29-36(18-10-12-23-52)38(19-11-13-24-53)44(45(39)48)40-30-37(20-21-42(40)62-48)61-46(55)49-32-34-14-6-4-7-15-34/h3-9,14-17,20-21,29-30,36,38,43-45,52-54H,1,10-13,18-19,22-28,31-33H2,2H3,(H,49,55)/t36-,38+,43-,44+,45+,48+/m0/s1. The molecule has 0 aromatic heterocycles. The number of hydrogen-bond donors (Lipinski definition) is 4. The number of benzene rings is 3. The second-order valence-corrected chi connectivity index (χ2v) is 15.8. The summed E-state index contributed by atoms with van der Waals surface area (Å²) in [5.74, 6) is -1.68. The molecule has 1 aliphatic heterocycles. The van der Waals surface area contributed by atoms with E-state index >= 15 is 0 Å². The lowest BCUT2D eigenvalue weighted by molar-refractivity contribution is -0.255. The van der Waals surface area contributed by atoms with Gasteiger partial charge in [-0.1, -0.05) is 90.8 Å². The highest BCUT2D eigenvalue weighted by atomic mass is 16.7. The van der Waals surface area contributed by atoms with Crippen molar-refractivity contribution in [3.8, 4) is 11.5 Å². The minimum atomic E-state index is -1.53. The van der Waals surface area contributed by atoms with Crippen LogP contribution < -0.4 is 14.8 Å². The Morgan fingerprint density at radius 2 is 1.66 bits per heavy atom. The molecule has 1 saturated carbocycles. The largest absolute Gasteiger partial charge is 0.459 e. The van der Waals surface area contributed by atoms with Crippen LogP contribution in [0, 0.1) is 17.8 Å². The van der Waals surface area contributed by atoms with E-state index in [1.165, 1.54) is 7.11 Å². The third kappa shape index (κ3) is 11.2. The number of aliphatic hydroxyl groups excluding tert-OH is 3. The topological polar surface area (TPSA) is 178 Å². The normalized spacial score (nSPS) is 22.9. The molecule has 0 bridgehead atoms. The van der Waals surface area contributed by atoms with Gasteiger partial charge in [-0.3, -0.25) is 4.90 Å². The Kier molecular flexibility index (Phi) is 17.4. The van der Waals surface area contributed by atoms with Crippen LogP contribution in [0.4, 0.5) is 9.59 Å². The molecule has 4 N–H and O–H groups in total. The van der Waals surface area contributed by atoms with Gasteiger partial charge in [0.05, 0.1) is 45.2 Å². The third-order valence-electron chi connectivity index (χ3n) is 11.9. The molecule has 2 aliphatic carbocycles. The Morgan fingerprint density at radius 3 is 2.35 bits per heavy atom. The second kappa shape index (κ2) is 23.3. The lowest BCUT2D eigenvalue weighted by Crippen LogP contribution is -2.70. The van der Waals surface area contributed by atoms with Gasteiger partial charge in [-0.05, 0) is 72.4 Å². The molecule has 14 heteroatoms. The zero-order chi connectivity index (χ0) is 43.7. The summed E-state index contributed by atoms with van der Waals surface area (Å²) >= 11 is 0. The molecule has 3 aromatic carbocycles. The van der Waals surface area contributed by atoms with Crippen LogP contribution in [0.25, 0.3) is 0 Å². The number of carbonyl (C=O) groups is 2. The molecule has 2 amide bonds. The Balaban J connectivity index is 1.51. The van der Waals surface area contributed by atoms with E-state index in [1.54, 1.807) is 23.1 Å². The maximum absolute atomic E-state index is 14.0. The molecule has 1 heterocycles. The van der Waals surface area contributed by atoms with E-state index in [2.05, 4.69) is 18.0 Å². The van der Waals surface area contributed by atoms with Crippen molar-refractivity contribution in [2.75, 3.05) is 53.3 Å². The lowest BCUT2D eigenvalue weighted by atomic mass is 9.55. The van der Waals surface area contributed by atoms with Gasteiger partial charge in [0, 0.05) is 44.2 Å². The SMILES string of the molecule is C=CCO[C@@]12Oc3ccc(OC(=O)NCc4ccccc4)cc3[C@H]3[C@H](CCCCO)[C@@H](CCCCO)C=C(C(=NOCc4ccccc4)C[C@@H]1N(CCOCCO)C(=O)OC)[C@H]32. The molecule has 3 aliphatic rings. The molecular weight excluding hydrogens is 795 g/mol.